The standard InChI is InChI=1S/C24H13ClF3N3O2/c25-17-8-9-20-15(11-17)12-21(33-20)22-30-19-7-2-1-6-18(19)23(32)31(22)29-13-14-4-3-5-16(10-14)24(26,27)28/h1-13H. The number of aromatic nitrogens is 2. The lowest BCUT2D eigenvalue weighted by atomic mass is 10.1. The molecule has 0 saturated heterocycles. The number of rotatable bonds is 3. The Bertz CT molecular complexity index is 1600. The van der Waals surface area contributed by atoms with Gasteiger partial charge in [-0.15, -0.1) is 0 Å². The highest BCUT2D eigenvalue weighted by molar-refractivity contribution is 6.31. The second-order valence-corrected chi connectivity index (χ2v) is 7.67. The number of alkyl halides is 3. The van der Waals surface area contributed by atoms with Gasteiger partial charge in [0.15, 0.2) is 5.76 Å². The van der Waals surface area contributed by atoms with E-state index in [4.69, 9.17) is 16.0 Å². The Hall–Kier alpha value is -3.91. The van der Waals surface area contributed by atoms with Crippen LogP contribution in [0.15, 0.2) is 87.1 Å². The molecule has 2 aromatic heterocycles. The van der Waals surface area contributed by atoms with E-state index in [1.807, 2.05) is 0 Å². The minimum absolute atomic E-state index is 0.106. The molecular formula is C24H13ClF3N3O2. The average Bonchev–Trinajstić information content (AvgIpc) is 3.21. The van der Waals surface area contributed by atoms with Gasteiger partial charge in [-0.05, 0) is 54.1 Å². The first kappa shape index (κ1) is 21.0. The summed E-state index contributed by atoms with van der Waals surface area (Å²) in [4.78, 5) is 17.7. The molecule has 9 heteroatoms. The van der Waals surface area contributed by atoms with Crippen molar-refractivity contribution in [1.29, 1.82) is 0 Å². The zero-order valence-electron chi connectivity index (χ0n) is 16.7. The number of halogens is 4. The SMILES string of the molecule is O=c1c2ccccc2nc(-c2cc3cc(Cl)ccc3o2)n1N=Cc1cccc(C(F)(F)F)c1. The number of benzene rings is 3. The summed E-state index contributed by atoms with van der Waals surface area (Å²) >= 11 is 6.05. The number of hydrogen-bond donors (Lipinski definition) is 0. The van der Waals surface area contributed by atoms with Gasteiger partial charge in [0.2, 0.25) is 5.82 Å². The molecule has 0 aliphatic rings. The van der Waals surface area contributed by atoms with Crippen LogP contribution in [0, 0.1) is 0 Å². The summed E-state index contributed by atoms with van der Waals surface area (Å²) in [6, 6.07) is 18.1. The number of hydrogen-bond acceptors (Lipinski definition) is 4. The number of para-hydroxylation sites is 1. The van der Waals surface area contributed by atoms with Gasteiger partial charge in [-0.2, -0.15) is 22.9 Å². The highest BCUT2D eigenvalue weighted by Crippen LogP contribution is 2.30. The molecule has 33 heavy (non-hydrogen) atoms. The van der Waals surface area contributed by atoms with E-state index in [1.54, 1.807) is 48.5 Å². The summed E-state index contributed by atoms with van der Waals surface area (Å²) in [7, 11) is 0. The van der Waals surface area contributed by atoms with Crippen molar-refractivity contribution in [3.8, 4) is 11.6 Å². The van der Waals surface area contributed by atoms with E-state index in [0.29, 0.717) is 26.9 Å². The lowest BCUT2D eigenvalue weighted by molar-refractivity contribution is -0.137. The van der Waals surface area contributed by atoms with Crippen LogP contribution in [0.3, 0.4) is 0 Å². The van der Waals surface area contributed by atoms with Gasteiger partial charge in [0.05, 0.1) is 22.7 Å². The smallest absolute Gasteiger partial charge is 0.416 e. The van der Waals surface area contributed by atoms with Gasteiger partial charge in [0.1, 0.15) is 5.58 Å². The monoisotopic (exact) mass is 467 g/mol. The summed E-state index contributed by atoms with van der Waals surface area (Å²) in [5, 5.41) is 5.70. The van der Waals surface area contributed by atoms with Gasteiger partial charge in [-0.25, -0.2) is 4.98 Å². The molecule has 0 unspecified atom stereocenters. The van der Waals surface area contributed by atoms with Crippen molar-refractivity contribution in [2.75, 3.05) is 0 Å². The van der Waals surface area contributed by atoms with Gasteiger partial charge in [0.25, 0.3) is 5.56 Å². The summed E-state index contributed by atoms with van der Waals surface area (Å²) in [5.74, 6) is 0.366. The van der Waals surface area contributed by atoms with Crippen molar-refractivity contribution in [2.24, 2.45) is 5.10 Å². The lowest BCUT2D eigenvalue weighted by Gasteiger charge is -2.08. The number of furan rings is 1. The zero-order chi connectivity index (χ0) is 23.2. The Labute approximate surface area is 189 Å². The molecule has 0 N–H and O–H groups in total. The second-order valence-electron chi connectivity index (χ2n) is 7.23. The summed E-state index contributed by atoms with van der Waals surface area (Å²) in [6.07, 6.45) is -3.32. The molecule has 0 bridgehead atoms. The van der Waals surface area contributed by atoms with E-state index >= 15 is 0 Å². The van der Waals surface area contributed by atoms with Gasteiger partial charge in [-0.1, -0.05) is 35.9 Å². The van der Waals surface area contributed by atoms with E-state index in [2.05, 4.69) is 10.1 Å². The van der Waals surface area contributed by atoms with E-state index in [1.165, 1.54) is 18.3 Å². The first-order chi connectivity index (χ1) is 15.8. The van der Waals surface area contributed by atoms with E-state index in [9.17, 15) is 18.0 Å². The third-order valence-corrected chi connectivity index (χ3v) is 5.22. The predicted octanol–water partition coefficient (Wildman–Crippen LogP) is 6.36. The number of nitrogens with zero attached hydrogens (tertiary/aromatic N) is 3. The molecule has 2 heterocycles. The molecular weight excluding hydrogens is 455 g/mol. The van der Waals surface area contributed by atoms with Crippen molar-refractivity contribution in [2.45, 2.75) is 6.18 Å². The van der Waals surface area contributed by atoms with Crippen LogP contribution in [0.4, 0.5) is 13.2 Å². The fraction of sp³-hybridized carbons (Fsp3) is 0.0417. The van der Waals surface area contributed by atoms with Crippen LogP contribution in [-0.4, -0.2) is 15.9 Å². The summed E-state index contributed by atoms with van der Waals surface area (Å²) in [5.41, 5.74) is -0.166. The Morgan fingerprint density at radius 1 is 1.00 bits per heavy atom. The second kappa shape index (κ2) is 7.90. The summed E-state index contributed by atoms with van der Waals surface area (Å²) < 4.78 is 46.0. The predicted molar refractivity (Wildman–Crippen MR) is 121 cm³/mol. The number of fused-ring (bicyclic) bond motifs is 2. The molecule has 0 fully saturated rings. The van der Waals surface area contributed by atoms with E-state index in [0.717, 1.165) is 16.8 Å². The van der Waals surface area contributed by atoms with Crippen LogP contribution in [0.1, 0.15) is 11.1 Å². The zero-order valence-corrected chi connectivity index (χ0v) is 17.4. The molecule has 5 aromatic rings. The molecule has 0 amide bonds. The average molecular weight is 468 g/mol. The fourth-order valence-corrected chi connectivity index (χ4v) is 3.61. The topological polar surface area (TPSA) is 60.4 Å². The van der Waals surface area contributed by atoms with Gasteiger partial charge in [-0.3, -0.25) is 4.79 Å². The molecule has 0 aliphatic heterocycles. The van der Waals surface area contributed by atoms with E-state index in [-0.39, 0.29) is 17.1 Å². The first-order valence-electron chi connectivity index (χ1n) is 9.72. The maximum Gasteiger partial charge on any atom is 0.416 e. The van der Waals surface area contributed by atoms with Crippen molar-refractivity contribution >= 4 is 39.7 Å². The molecule has 164 valence electrons. The van der Waals surface area contributed by atoms with Crippen molar-refractivity contribution in [3.05, 3.63) is 99.3 Å². The molecule has 5 nitrogen and oxygen atoms in total. The van der Waals surface area contributed by atoms with Crippen LogP contribution in [0.2, 0.25) is 5.02 Å². The van der Waals surface area contributed by atoms with Crippen LogP contribution in [-0.2, 0) is 6.18 Å². The molecule has 3 aromatic carbocycles. The molecule has 0 saturated carbocycles. The highest BCUT2D eigenvalue weighted by Gasteiger charge is 2.30. The van der Waals surface area contributed by atoms with Crippen LogP contribution in [0.25, 0.3) is 33.5 Å². The molecule has 0 atom stereocenters. The van der Waals surface area contributed by atoms with Gasteiger partial charge >= 0.3 is 6.18 Å². The lowest BCUT2D eigenvalue weighted by Crippen LogP contribution is -2.20. The quantitative estimate of drug-likeness (QED) is 0.290. The minimum Gasteiger partial charge on any atom is -0.453 e. The van der Waals surface area contributed by atoms with Crippen molar-refractivity contribution in [1.82, 2.24) is 9.66 Å². The molecule has 0 radical (unpaired) electrons. The van der Waals surface area contributed by atoms with Crippen molar-refractivity contribution < 1.29 is 17.6 Å². The first-order valence-corrected chi connectivity index (χ1v) is 10.1. The Balaban J connectivity index is 1.70. The molecule has 5 rings (SSSR count). The third kappa shape index (κ3) is 4.01. The molecule has 0 spiro atoms. The van der Waals surface area contributed by atoms with Crippen LogP contribution >= 0.6 is 11.6 Å². The fourth-order valence-electron chi connectivity index (χ4n) is 3.43. The minimum atomic E-state index is -4.49. The molecule has 0 aliphatic carbocycles. The van der Waals surface area contributed by atoms with Gasteiger partial charge in [0, 0.05) is 10.4 Å². The maximum absolute atomic E-state index is 13.2. The normalized spacial score (nSPS) is 12.2. The Morgan fingerprint density at radius 2 is 1.82 bits per heavy atom. The highest BCUT2D eigenvalue weighted by atomic mass is 35.5. The van der Waals surface area contributed by atoms with Crippen LogP contribution in [0.5, 0.6) is 0 Å². The van der Waals surface area contributed by atoms with Gasteiger partial charge < -0.3 is 4.42 Å². The van der Waals surface area contributed by atoms with Crippen LogP contribution < -0.4 is 5.56 Å². The Morgan fingerprint density at radius 3 is 2.64 bits per heavy atom. The maximum atomic E-state index is 13.2. The largest absolute Gasteiger partial charge is 0.453 e. The Kier molecular flexibility index (Phi) is 5.02. The van der Waals surface area contributed by atoms with E-state index < -0.39 is 17.3 Å². The van der Waals surface area contributed by atoms with Crippen molar-refractivity contribution in [3.63, 3.8) is 0 Å². The third-order valence-electron chi connectivity index (χ3n) is 4.99. The summed E-state index contributed by atoms with van der Waals surface area (Å²) in [6.45, 7) is 0.